The fourth-order valence-electron chi connectivity index (χ4n) is 2.83. The number of anilines is 1. The molecular formula is C15H22N4O3. The Morgan fingerprint density at radius 1 is 1.45 bits per heavy atom. The normalized spacial score (nSPS) is 21.4. The molecule has 1 aliphatic carbocycles. The van der Waals surface area contributed by atoms with Crippen LogP contribution in [0.5, 0.6) is 0 Å². The molecule has 1 aliphatic rings. The van der Waals surface area contributed by atoms with Gasteiger partial charge in [0.1, 0.15) is 11.9 Å². The van der Waals surface area contributed by atoms with Crippen molar-refractivity contribution >= 4 is 17.3 Å². The summed E-state index contributed by atoms with van der Waals surface area (Å²) in [5.74, 6) is 0.0419. The summed E-state index contributed by atoms with van der Waals surface area (Å²) in [4.78, 5) is 26.5. The van der Waals surface area contributed by atoms with Crippen LogP contribution in [0.4, 0.5) is 11.4 Å². The molecule has 2 N–H and O–H groups in total. The first-order valence-electron chi connectivity index (χ1n) is 7.62. The van der Waals surface area contributed by atoms with Gasteiger partial charge < -0.3 is 10.6 Å². The van der Waals surface area contributed by atoms with Gasteiger partial charge in [-0.15, -0.1) is 0 Å². The molecule has 0 saturated heterocycles. The molecule has 1 amide bonds. The summed E-state index contributed by atoms with van der Waals surface area (Å²) in [6, 6.07) is 1.80. The van der Waals surface area contributed by atoms with Crippen molar-refractivity contribution < 1.29 is 9.72 Å². The van der Waals surface area contributed by atoms with E-state index in [0.29, 0.717) is 12.1 Å². The van der Waals surface area contributed by atoms with E-state index < -0.39 is 4.92 Å². The van der Waals surface area contributed by atoms with Crippen molar-refractivity contribution in [3.05, 3.63) is 28.6 Å². The minimum Gasteiger partial charge on any atom is -0.377 e. The van der Waals surface area contributed by atoms with Gasteiger partial charge in [-0.25, -0.2) is 0 Å². The van der Waals surface area contributed by atoms with Crippen LogP contribution >= 0.6 is 0 Å². The van der Waals surface area contributed by atoms with Gasteiger partial charge in [0, 0.05) is 24.2 Å². The molecule has 1 fully saturated rings. The molecular weight excluding hydrogens is 284 g/mol. The number of rotatable bonds is 5. The second kappa shape index (κ2) is 7.20. The number of carbonyl (C=O) groups excluding carboxylic acids is 1. The maximum atomic E-state index is 12.1. The van der Waals surface area contributed by atoms with Crippen molar-refractivity contribution in [1.29, 1.82) is 0 Å². The maximum Gasteiger partial charge on any atom is 0.310 e. The number of nitro groups is 1. The lowest BCUT2D eigenvalue weighted by Crippen LogP contribution is -2.40. The molecule has 0 unspecified atom stereocenters. The van der Waals surface area contributed by atoms with Crippen LogP contribution in [-0.4, -0.2) is 27.9 Å². The van der Waals surface area contributed by atoms with Crippen molar-refractivity contribution in [3.8, 4) is 0 Å². The largest absolute Gasteiger partial charge is 0.377 e. The zero-order valence-corrected chi connectivity index (χ0v) is 12.9. The molecule has 0 spiro atoms. The maximum absolute atomic E-state index is 12.1. The summed E-state index contributed by atoms with van der Waals surface area (Å²) in [6.45, 7) is 3.88. The molecule has 1 aromatic rings. The van der Waals surface area contributed by atoms with E-state index >= 15 is 0 Å². The summed E-state index contributed by atoms with van der Waals surface area (Å²) in [5.41, 5.74) is 0.436. The Hall–Kier alpha value is -2.18. The van der Waals surface area contributed by atoms with Crippen molar-refractivity contribution in [3.63, 3.8) is 0 Å². The van der Waals surface area contributed by atoms with E-state index in [9.17, 15) is 14.9 Å². The third kappa shape index (κ3) is 4.16. The van der Waals surface area contributed by atoms with Gasteiger partial charge in [0.25, 0.3) is 0 Å². The highest BCUT2D eigenvalue weighted by atomic mass is 16.6. The highest BCUT2D eigenvalue weighted by Crippen LogP contribution is 2.30. The summed E-state index contributed by atoms with van der Waals surface area (Å²) in [5, 5.41) is 17.2. The Labute approximate surface area is 129 Å². The van der Waals surface area contributed by atoms with Gasteiger partial charge in [-0.05, 0) is 39.2 Å². The molecule has 1 saturated carbocycles. The van der Waals surface area contributed by atoms with E-state index in [-0.39, 0.29) is 29.6 Å². The van der Waals surface area contributed by atoms with Crippen LogP contribution in [0.25, 0.3) is 0 Å². The van der Waals surface area contributed by atoms with Gasteiger partial charge in [0.05, 0.1) is 4.92 Å². The number of nitrogens with one attached hydrogen (secondary N) is 2. The first-order valence-corrected chi connectivity index (χ1v) is 7.62. The molecule has 0 aromatic carbocycles. The standard InChI is InChI=1S/C15H22N4O3/c1-10(2)17-15(20)11-4-3-5-12(8-11)18-13-6-7-16-9-14(13)19(21)22/h6-7,9-12H,3-5,8H2,1-2H3,(H,16,18)(H,17,20)/t11-,12-/m1/s1. The molecule has 1 heterocycles. The minimum absolute atomic E-state index is 0.0312. The predicted octanol–water partition coefficient (Wildman–Crippen LogP) is 2.49. The van der Waals surface area contributed by atoms with E-state index in [1.54, 1.807) is 6.07 Å². The Morgan fingerprint density at radius 2 is 2.23 bits per heavy atom. The topological polar surface area (TPSA) is 97.2 Å². The molecule has 0 aliphatic heterocycles. The monoisotopic (exact) mass is 306 g/mol. The number of aromatic nitrogens is 1. The van der Waals surface area contributed by atoms with Crippen LogP contribution in [0.3, 0.4) is 0 Å². The first-order chi connectivity index (χ1) is 10.5. The van der Waals surface area contributed by atoms with Crippen LogP contribution in [0, 0.1) is 16.0 Å². The number of amides is 1. The third-order valence-corrected chi connectivity index (χ3v) is 3.83. The lowest BCUT2D eigenvalue weighted by Gasteiger charge is -2.30. The van der Waals surface area contributed by atoms with E-state index in [2.05, 4.69) is 15.6 Å². The molecule has 1 aromatic heterocycles. The average molecular weight is 306 g/mol. The average Bonchev–Trinajstić information content (AvgIpc) is 2.47. The van der Waals surface area contributed by atoms with Crippen LogP contribution in [-0.2, 0) is 4.79 Å². The fourth-order valence-corrected chi connectivity index (χ4v) is 2.83. The Kier molecular flexibility index (Phi) is 5.30. The van der Waals surface area contributed by atoms with Gasteiger partial charge in [0.15, 0.2) is 0 Å². The van der Waals surface area contributed by atoms with Gasteiger partial charge in [0.2, 0.25) is 5.91 Å². The minimum atomic E-state index is -0.443. The van der Waals surface area contributed by atoms with E-state index in [4.69, 9.17) is 0 Å². The van der Waals surface area contributed by atoms with E-state index in [1.807, 2.05) is 13.8 Å². The lowest BCUT2D eigenvalue weighted by atomic mass is 9.85. The number of nitrogens with zero attached hydrogens (tertiary/aromatic N) is 2. The molecule has 7 heteroatoms. The number of hydrogen-bond acceptors (Lipinski definition) is 5. The predicted molar refractivity (Wildman–Crippen MR) is 83.5 cm³/mol. The van der Waals surface area contributed by atoms with Crippen LogP contribution < -0.4 is 10.6 Å². The Bertz CT molecular complexity index is 547. The number of carbonyl (C=O) groups is 1. The highest BCUT2D eigenvalue weighted by molar-refractivity contribution is 5.79. The van der Waals surface area contributed by atoms with Gasteiger partial charge >= 0.3 is 5.69 Å². The molecule has 2 atom stereocenters. The van der Waals surface area contributed by atoms with Crippen molar-refractivity contribution in [2.45, 2.75) is 51.6 Å². The first kappa shape index (κ1) is 16.2. The zero-order chi connectivity index (χ0) is 16.1. The quantitative estimate of drug-likeness (QED) is 0.643. The number of hydrogen-bond donors (Lipinski definition) is 2. The van der Waals surface area contributed by atoms with E-state index in [1.165, 1.54) is 12.4 Å². The van der Waals surface area contributed by atoms with Crippen molar-refractivity contribution in [2.75, 3.05) is 5.32 Å². The molecule has 22 heavy (non-hydrogen) atoms. The zero-order valence-electron chi connectivity index (χ0n) is 12.9. The fraction of sp³-hybridized carbons (Fsp3) is 0.600. The molecule has 7 nitrogen and oxygen atoms in total. The molecule has 0 radical (unpaired) electrons. The van der Waals surface area contributed by atoms with Crippen LogP contribution in [0.1, 0.15) is 39.5 Å². The van der Waals surface area contributed by atoms with Crippen LogP contribution in [0.2, 0.25) is 0 Å². The van der Waals surface area contributed by atoms with Crippen molar-refractivity contribution in [2.24, 2.45) is 5.92 Å². The SMILES string of the molecule is CC(C)NC(=O)[C@@H]1CCC[C@@H](Nc2ccncc2[N+](=O)[O-])C1. The summed E-state index contributed by atoms with van der Waals surface area (Å²) >= 11 is 0. The van der Waals surface area contributed by atoms with Gasteiger partial charge in [-0.1, -0.05) is 6.42 Å². The number of pyridine rings is 1. The van der Waals surface area contributed by atoms with E-state index in [0.717, 1.165) is 19.3 Å². The third-order valence-electron chi connectivity index (χ3n) is 3.83. The molecule has 2 rings (SSSR count). The summed E-state index contributed by atoms with van der Waals surface area (Å²) < 4.78 is 0. The van der Waals surface area contributed by atoms with Crippen molar-refractivity contribution in [1.82, 2.24) is 10.3 Å². The Balaban J connectivity index is 2.02. The summed E-state index contributed by atoms with van der Waals surface area (Å²) in [6.07, 6.45) is 6.18. The Morgan fingerprint density at radius 3 is 2.91 bits per heavy atom. The van der Waals surface area contributed by atoms with Gasteiger partial charge in [-0.2, -0.15) is 0 Å². The van der Waals surface area contributed by atoms with Crippen LogP contribution in [0.15, 0.2) is 18.5 Å². The molecule has 0 bridgehead atoms. The van der Waals surface area contributed by atoms with Gasteiger partial charge in [-0.3, -0.25) is 19.9 Å². The smallest absolute Gasteiger partial charge is 0.310 e. The second-order valence-corrected chi connectivity index (χ2v) is 6.02. The molecule has 120 valence electrons. The summed E-state index contributed by atoms with van der Waals surface area (Å²) in [7, 11) is 0. The second-order valence-electron chi connectivity index (χ2n) is 6.02. The lowest BCUT2D eigenvalue weighted by molar-refractivity contribution is -0.384. The highest BCUT2D eigenvalue weighted by Gasteiger charge is 2.28.